The molecule has 0 radical (unpaired) electrons. The molecular formula is C14H13Cl2N3OS. The van der Waals surface area contributed by atoms with Crippen LogP contribution in [0.4, 0.5) is 0 Å². The zero-order chi connectivity index (χ0) is 14.8. The molecule has 0 bridgehead atoms. The van der Waals surface area contributed by atoms with E-state index in [9.17, 15) is 4.79 Å². The van der Waals surface area contributed by atoms with Gasteiger partial charge in [-0.2, -0.15) is 0 Å². The molecule has 1 aliphatic rings. The van der Waals surface area contributed by atoms with Crippen LogP contribution >= 0.6 is 34.5 Å². The first-order valence-electron chi connectivity index (χ1n) is 6.56. The molecule has 21 heavy (non-hydrogen) atoms. The molecule has 0 spiro atoms. The smallest absolute Gasteiger partial charge is 0.271 e. The van der Waals surface area contributed by atoms with E-state index in [1.54, 1.807) is 17.5 Å². The molecule has 1 aliphatic heterocycles. The number of rotatable bonds is 3. The molecule has 1 atom stereocenters. The predicted molar refractivity (Wildman–Crippen MR) is 86.3 cm³/mol. The highest BCUT2D eigenvalue weighted by Gasteiger charge is 2.19. The maximum Gasteiger partial charge on any atom is 0.271 e. The zero-order valence-electron chi connectivity index (χ0n) is 11.0. The minimum Gasteiger partial charge on any atom is -0.347 e. The number of hydrogen-bond donors (Lipinski definition) is 2. The zero-order valence-corrected chi connectivity index (χ0v) is 13.4. The van der Waals surface area contributed by atoms with Crippen LogP contribution < -0.4 is 10.6 Å². The second kappa shape index (κ2) is 6.32. The molecule has 0 saturated carbocycles. The van der Waals surface area contributed by atoms with Gasteiger partial charge in [0.05, 0.1) is 5.02 Å². The van der Waals surface area contributed by atoms with E-state index in [1.165, 1.54) is 11.3 Å². The van der Waals surface area contributed by atoms with E-state index in [0.717, 1.165) is 25.1 Å². The number of amides is 1. The van der Waals surface area contributed by atoms with E-state index in [-0.39, 0.29) is 11.9 Å². The van der Waals surface area contributed by atoms with Crippen molar-refractivity contribution in [3.05, 3.63) is 39.3 Å². The molecule has 7 heteroatoms. The van der Waals surface area contributed by atoms with Crippen molar-refractivity contribution < 1.29 is 4.79 Å². The summed E-state index contributed by atoms with van der Waals surface area (Å²) in [4.78, 5) is 16.5. The molecule has 1 amide bonds. The van der Waals surface area contributed by atoms with Gasteiger partial charge in [-0.05, 0) is 31.2 Å². The van der Waals surface area contributed by atoms with Gasteiger partial charge in [-0.3, -0.25) is 4.79 Å². The highest BCUT2D eigenvalue weighted by atomic mass is 35.5. The van der Waals surface area contributed by atoms with Gasteiger partial charge in [0.2, 0.25) is 0 Å². The van der Waals surface area contributed by atoms with Crippen LogP contribution in [0, 0.1) is 0 Å². The molecule has 110 valence electrons. The summed E-state index contributed by atoms with van der Waals surface area (Å²) >= 11 is 13.4. The lowest BCUT2D eigenvalue weighted by Gasteiger charge is -2.09. The maximum absolute atomic E-state index is 12.1. The van der Waals surface area contributed by atoms with Crippen molar-refractivity contribution in [1.29, 1.82) is 0 Å². The molecule has 4 nitrogen and oxygen atoms in total. The lowest BCUT2D eigenvalue weighted by molar-refractivity contribution is 0.0936. The Morgan fingerprint density at radius 3 is 3.00 bits per heavy atom. The summed E-state index contributed by atoms with van der Waals surface area (Å²) in [6.45, 7) is 1.75. The summed E-state index contributed by atoms with van der Waals surface area (Å²) in [6, 6.07) is 5.42. The second-order valence-electron chi connectivity index (χ2n) is 4.83. The van der Waals surface area contributed by atoms with Crippen LogP contribution in [0.1, 0.15) is 16.9 Å². The van der Waals surface area contributed by atoms with Gasteiger partial charge >= 0.3 is 0 Å². The number of carbonyl (C=O) groups excluding carboxylic acids is 1. The van der Waals surface area contributed by atoms with Gasteiger partial charge in [-0.25, -0.2) is 4.98 Å². The van der Waals surface area contributed by atoms with Crippen LogP contribution in [0.15, 0.2) is 23.6 Å². The van der Waals surface area contributed by atoms with E-state index in [0.29, 0.717) is 20.7 Å². The molecule has 1 aromatic heterocycles. The van der Waals surface area contributed by atoms with E-state index < -0.39 is 0 Å². The minimum atomic E-state index is -0.142. The highest BCUT2D eigenvalue weighted by molar-refractivity contribution is 7.13. The molecule has 1 saturated heterocycles. The van der Waals surface area contributed by atoms with Crippen molar-refractivity contribution in [3.8, 4) is 10.6 Å². The summed E-state index contributed by atoms with van der Waals surface area (Å²) in [5.74, 6) is -0.142. The van der Waals surface area contributed by atoms with Gasteiger partial charge in [0.25, 0.3) is 5.91 Å². The second-order valence-corrected chi connectivity index (χ2v) is 6.53. The number of carbonyl (C=O) groups is 1. The predicted octanol–water partition coefficient (Wildman–Crippen LogP) is 3.21. The fraction of sp³-hybridized carbons (Fsp3) is 0.286. The Hall–Kier alpha value is -1.14. The van der Waals surface area contributed by atoms with Crippen molar-refractivity contribution in [2.24, 2.45) is 0 Å². The fourth-order valence-corrected chi connectivity index (χ4v) is 3.59. The molecule has 1 aromatic carbocycles. The first-order valence-corrected chi connectivity index (χ1v) is 8.19. The topological polar surface area (TPSA) is 54.0 Å². The number of thiazole rings is 1. The van der Waals surface area contributed by atoms with Gasteiger partial charge < -0.3 is 10.6 Å². The Bertz CT molecular complexity index is 668. The third kappa shape index (κ3) is 3.37. The average Bonchev–Trinajstić information content (AvgIpc) is 3.09. The molecule has 1 unspecified atom stereocenters. The van der Waals surface area contributed by atoms with Crippen LogP contribution in [0.25, 0.3) is 10.6 Å². The summed E-state index contributed by atoms with van der Waals surface area (Å²) in [6.07, 6.45) is 0.950. The Balaban J connectivity index is 1.77. The quantitative estimate of drug-likeness (QED) is 0.901. The number of nitrogens with one attached hydrogen (secondary N) is 2. The number of halogens is 2. The van der Waals surface area contributed by atoms with Crippen LogP contribution in [0.3, 0.4) is 0 Å². The number of hydrogen-bond acceptors (Lipinski definition) is 4. The van der Waals surface area contributed by atoms with Gasteiger partial charge in [-0.1, -0.05) is 23.2 Å². The lowest BCUT2D eigenvalue weighted by Crippen LogP contribution is -2.36. The molecule has 2 aromatic rings. The first kappa shape index (κ1) is 14.8. The highest BCUT2D eigenvalue weighted by Crippen LogP contribution is 2.32. The summed E-state index contributed by atoms with van der Waals surface area (Å²) < 4.78 is 0. The van der Waals surface area contributed by atoms with Crippen LogP contribution in [-0.4, -0.2) is 30.0 Å². The molecular weight excluding hydrogens is 329 g/mol. The SMILES string of the molecule is O=C(NC1CCNC1)c1csc(-c2ccc(Cl)cc2Cl)n1. The number of aromatic nitrogens is 1. The van der Waals surface area contributed by atoms with E-state index >= 15 is 0 Å². The van der Waals surface area contributed by atoms with E-state index in [2.05, 4.69) is 15.6 Å². The Morgan fingerprint density at radius 2 is 2.29 bits per heavy atom. The third-order valence-corrected chi connectivity index (χ3v) is 4.72. The summed E-state index contributed by atoms with van der Waals surface area (Å²) in [7, 11) is 0. The van der Waals surface area contributed by atoms with Crippen molar-refractivity contribution in [2.75, 3.05) is 13.1 Å². The van der Waals surface area contributed by atoms with E-state index in [4.69, 9.17) is 23.2 Å². The molecule has 3 rings (SSSR count). The molecule has 2 heterocycles. The van der Waals surface area contributed by atoms with Crippen molar-refractivity contribution in [3.63, 3.8) is 0 Å². The van der Waals surface area contributed by atoms with Gasteiger partial charge in [0, 0.05) is 28.6 Å². The van der Waals surface area contributed by atoms with Gasteiger partial charge in [-0.15, -0.1) is 11.3 Å². The summed E-state index contributed by atoms with van der Waals surface area (Å²) in [5.41, 5.74) is 1.21. The van der Waals surface area contributed by atoms with Gasteiger partial charge in [0.1, 0.15) is 10.7 Å². The molecule has 1 fully saturated rings. The van der Waals surface area contributed by atoms with Crippen LogP contribution in [0.5, 0.6) is 0 Å². The number of nitrogens with zero attached hydrogens (tertiary/aromatic N) is 1. The maximum atomic E-state index is 12.1. The van der Waals surface area contributed by atoms with Crippen molar-refractivity contribution in [2.45, 2.75) is 12.5 Å². The van der Waals surface area contributed by atoms with Crippen LogP contribution in [-0.2, 0) is 0 Å². The minimum absolute atomic E-state index is 0.142. The number of benzene rings is 1. The first-order chi connectivity index (χ1) is 10.1. The Morgan fingerprint density at radius 1 is 1.43 bits per heavy atom. The largest absolute Gasteiger partial charge is 0.347 e. The van der Waals surface area contributed by atoms with Crippen molar-refractivity contribution in [1.82, 2.24) is 15.6 Å². The normalized spacial score (nSPS) is 17.9. The van der Waals surface area contributed by atoms with Crippen molar-refractivity contribution >= 4 is 40.4 Å². The fourth-order valence-electron chi connectivity index (χ4n) is 2.20. The average molecular weight is 342 g/mol. The monoisotopic (exact) mass is 341 g/mol. The standard InChI is InChI=1S/C14H13Cl2N3OS/c15-8-1-2-10(11(16)5-8)14-19-12(7-21-14)13(20)18-9-3-4-17-6-9/h1-2,5,7,9,17H,3-4,6H2,(H,18,20). The Labute approximate surface area is 136 Å². The van der Waals surface area contributed by atoms with E-state index in [1.807, 2.05) is 6.07 Å². The lowest BCUT2D eigenvalue weighted by atomic mass is 10.2. The van der Waals surface area contributed by atoms with Gasteiger partial charge in [0.15, 0.2) is 0 Å². The summed E-state index contributed by atoms with van der Waals surface area (Å²) in [5, 5.41) is 9.75. The molecule has 0 aliphatic carbocycles. The molecule has 2 N–H and O–H groups in total. The third-order valence-electron chi connectivity index (χ3n) is 3.29. The van der Waals surface area contributed by atoms with Crippen LogP contribution in [0.2, 0.25) is 10.0 Å². The Kier molecular flexibility index (Phi) is 4.45.